The quantitative estimate of drug-likeness (QED) is 0.760. The first kappa shape index (κ1) is 17.7. The number of aliphatic hydroxyl groups is 1. The maximum absolute atomic E-state index is 13.2. The van der Waals surface area contributed by atoms with Crippen LogP contribution >= 0.6 is 0 Å². The van der Waals surface area contributed by atoms with Gasteiger partial charge >= 0.3 is 6.03 Å². The number of halogens is 2. The standard InChI is InChI=1S/C17H18F2N2O3/c1-11-6-13(19)8-14(7-11)21-17(23)20-9-15(22)10-24-16-4-2-12(18)3-5-16/h2-8,15,22H,9-10H2,1H3,(H2,20,21,23). The maximum atomic E-state index is 13.2. The Hall–Kier alpha value is -2.67. The van der Waals surface area contributed by atoms with Crippen LogP contribution in [0.15, 0.2) is 42.5 Å². The predicted octanol–water partition coefficient (Wildman–Crippen LogP) is 2.83. The number of urea groups is 1. The third-order valence-electron chi connectivity index (χ3n) is 3.05. The fourth-order valence-electron chi connectivity index (χ4n) is 1.98. The van der Waals surface area contributed by atoms with Crippen LogP contribution in [0.4, 0.5) is 19.3 Å². The molecule has 0 saturated carbocycles. The van der Waals surface area contributed by atoms with Crippen LogP contribution in [-0.4, -0.2) is 30.4 Å². The molecule has 24 heavy (non-hydrogen) atoms. The summed E-state index contributed by atoms with van der Waals surface area (Å²) in [6.07, 6.45) is -0.949. The largest absolute Gasteiger partial charge is 0.491 e. The molecule has 0 aliphatic heterocycles. The SMILES string of the molecule is Cc1cc(F)cc(NC(=O)NCC(O)COc2ccc(F)cc2)c1. The Kier molecular flexibility index (Phi) is 6.08. The van der Waals surface area contributed by atoms with Gasteiger partial charge in [0.05, 0.1) is 0 Å². The number of ether oxygens (including phenoxy) is 1. The number of carbonyl (C=O) groups is 1. The lowest BCUT2D eigenvalue weighted by Crippen LogP contribution is -2.37. The second-order valence-corrected chi connectivity index (χ2v) is 5.27. The third kappa shape index (κ3) is 5.85. The minimum absolute atomic E-state index is 0.0542. The molecule has 2 rings (SSSR count). The molecule has 0 aromatic heterocycles. The zero-order valence-corrected chi connectivity index (χ0v) is 13.1. The first-order chi connectivity index (χ1) is 11.4. The van der Waals surface area contributed by atoms with Gasteiger partial charge < -0.3 is 20.5 Å². The van der Waals surface area contributed by atoms with E-state index in [0.29, 0.717) is 17.0 Å². The summed E-state index contributed by atoms with van der Waals surface area (Å²) < 4.78 is 31.2. The first-order valence-electron chi connectivity index (χ1n) is 7.31. The minimum atomic E-state index is -0.949. The van der Waals surface area contributed by atoms with Crippen LogP contribution < -0.4 is 15.4 Å². The van der Waals surface area contributed by atoms with Crippen molar-refractivity contribution in [2.75, 3.05) is 18.5 Å². The Labute approximate surface area is 138 Å². The molecule has 7 heteroatoms. The molecule has 2 aromatic carbocycles. The molecule has 0 heterocycles. The van der Waals surface area contributed by atoms with Gasteiger partial charge in [-0.2, -0.15) is 0 Å². The second kappa shape index (κ2) is 8.26. The number of aryl methyl sites for hydroxylation is 1. The van der Waals surface area contributed by atoms with E-state index >= 15 is 0 Å². The van der Waals surface area contributed by atoms with Crippen LogP contribution in [-0.2, 0) is 0 Å². The molecule has 0 bridgehead atoms. The lowest BCUT2D eigenvalue weighted by atomic mass is 10.2. The fourth-order valence-corrected chi connectivity index (χ4v) is 1.98. The van der Waals surface area contributed by atoms with E-state index in [1.165, 1.54) is 36.4 Å². The van der Waals surface area contributed by atoms with Gasteiger partial charge in [-0.25, -0.2) is 13.6 Å². The van der Waals surface area contributed by atoms with Crippen molar-refractivity contribution in [3.8, 4) is 5.75 Å². The first-order valence-corrected chi connectivity index (χ1v) is 7.31. The highest BCUT2D eigenvalue weighted by molar-refractivity contribution is 5.89. The van der Waals surface area contributed by atoms with Gasteiger partial charge in [-0.1, -0.05) is 0 Å². The van der Waals surface area contributed by atoms with E-state index in [9.17, 15) is 18.7 Å². The number of carbonyl (C=O) groups excluding carboxylic acids is 1. The van der Waals surface area contributed by atoms with Crippen molar-refractivity contribution in [3.63, 3.8) is 0 Å². The average molecular weight is 336 g/mol. The van der Waals surface area contributed by atoms with Crippen molar-refractivity contribution >= 4 is 11.7 Å². The van der Waals surface area contributed by atoms with Gasteiger partial charge in [0.1, 0.15) is 30.1 Å². The Morgan fingerprint density at radius 3 is 2.54 bits per heavy atom. The summed E-state index contributed by atoms with van der Waals surface area (Å²) in [7, 11) is 0. The molecule has 2 aromatic rings. The molecule has 0 radical (unpaired) electrons. The summed E-state index contributed by atoms with van der Waals surface area (Å²) in [6.45, 7) is 1.59. The van der Waals surface area contributed by atoms with Crippen molar-refractivity contribution < 1.29 is 23.4 Å². The van der Waals surface area contributed by atoms with Crippen molar-refractivity contribution in [1.29, 1.82) is 0 Å². The molecule has 0 spiro atoms. The molecular weight excluding hydrogens is 318 g/mol. The molecule has 2 amide bonds. The van der Waals surface area contributed by atoms with Crippen LogP contribution in [0.2, 0.25) is 0 Å². The predicted molar refractivity (Wildman–Crippen MR) is 86.1 cm³/mol. The normalized spacial score (nSPS) is 11.7. The van der Waals surface area contributed by atoms with E-state index in [1.807, 2.05) is 0 Å². The zero-order chi connectivity index (χ0) is 17.5. The van der Waals surface area contributed by atoms with Crippen LogP contribution in [0, 0.1) is 18.6 Å². The highest BCUT2D eigenvalue weighted by atomic mass is 19.1. The molecular formula is C17H18F2N2O3. The smallest absolute Gasteiger partial charge is 0.319 e. The molecule has 5 nitrogen and oxygen atoms in total. The number of nitrogens with one attached hydrogen (secondary N) is 2. The molecule has 0 fully saturated rings. The van der Waals surface area contributed by atoms with Crippen molar-refractivity contribution in [2.24, 2.45) is 0 Å². The molecule has 1 unspecified atom stereocenters. The lowest BCUT2D eigenvalue weighted by Gasteiger charge is -2.14. The molecule has 0 saturated heterocycles. The van der Waals surface area contributed by atoms with E-state index in [4.69, 9.17) is 4.74 Å². The van der Waals surface area contributed by atoms with Gasteiger partial charge in [-0.3, -0.25) is 0 Å². The van der Waals surface area contributed by atoms with Gasteiger partial charge in [0.25, 0.3) is 0 Å². The van der Waals surface area contributed by atoms with E-state index in [0.717, 1.165) is 0 Å². The van der Waals surface area contributed by atoms with Crippen LogP contribution in [0.25, 0.3) is 0 Å². The van der Waals surface area contributed by atoms with Crippen molar-refractivity contribution in [1.82, 2.24) is 5.32 Å². The summed E-state index contributed by atoms with van der Waals surface area (Å²) in [6, 6.07) is 8.96. The van der Waals surface area contributed by atoms with E-state index in [-0.39, 0.29) is 19.0 Å². The molecule has 1 atom stereocenters. The van der Waals surface area contributed by atoms with E-state index in [2.05, 4.69) is 10.6 Å². The number of anilines is 1. The number of amides is 2. The number of hydrogen-bond acceptors (Lipinski definition) is 3. The molecule has 128 valence electrons. The Balaban J connectivity index is 1.73. The van der Waals surface area contributed by atoms with Crippen molar-refractivity contribution in [3.05, 3.63) is 59.7 Å². The second-order valence-electron chi connectivity index (χ2n) is 5.27. The maximum Gasteiger partial charge on any atom is 0.319 e. The number of aliphatic hydroxyl groups excluding tert-OH is 1. The topological polar surface area (TPSA) is 70.6 Å². The van der Waals surface area contributed by atoms with Gasteiger partial charge in [0, 0.05) is 12.2 Å². The minimum Gasteiger partial charge on any atom is -0.491 e. The molecule has 0 aliphatic carbocycles. The Bertz CT molecular complexity index is 672. The van der Waals surface area contributed by atoms with E-state index in [1.54, 1.807) is 13.0 Å². The summed E-state index contributed by atoms with van der Waals surface area (Å²) in [4.78, 5) is 11.7. The third-order valence-corrected chi connectivity index (χ3v) is 3.05. The highest BCUT2D eigenvalue weighted by Crippen LogP contribution is 2.13. The van der Waals surface area contributed by atoms with Crippen LogP contribution in [0.1, 0.15) is 5.56 Å². The highest BCUT2D eigenvalue weighted by Gasteiger charge is 2.09. The summed E-state index contributed by atoms with van der Waals surface area (Å²) >= 11 is 0. The monoisotopic (exact) mass is 336 g/mol. The lowest BCUT2D eigenvalue weighted by molar-refractivity contribution is 0.108. The van der Waals surface area contributed by atoms with E-state index < -0.39 is 18.0 Å². The van der Waals surface area contributed by atoms with Gasteiger partial charge in [-0.05, 0) is 55.0 Å². The van der Waals surface area contributed by atoms with Gasteiger partial charge in [0.2, 0.25) is 0 Å². The van der Waals surface area contributed by atoms with Crippen LogP contribution in [0.3, 0.4) is 0 Å². The number of rotatable bonds is 6. The number of benzene rings is 2. The van der Waals surface area contributed by atoms with Gasteiger partial charge in [0.15, 0.2) is 0 Å². The molecule has 3 N–H and O–H groups in total. The Morgan fingerprint density at radius 2 is 1.88 bits per heavy atom. The van der Waals surface area contributed by atoms with Gasteiger partial charge in [-0.15, -0.1) is 0 Å². The molecule has 0 aliphatic rings. The summed E-state index contributed by atoms with van der Waals surface area (Å²) in [5, 5.41) is 14.7. The fraction of sp³-hybridized carbons (Fsp3) is 0.235. The summed E-state index contributed by atoms with van der Waals surface area (Å²) in [5.74, 6) is -0.415. The Morgan fingerprint density at radius 1 is 1.17 bits per heavy atom. The zero-order valence-electron chi connectivity index (χ0n) is 13.1. The van der Waals surface area contributed by atoms with Crippen molar-refractivity contribution in [2.45, 2.75) is 13.0 Å². The van der Waals surface area contributed by atoms with Crippen LogP contribution in [0.5, 0.6) is 5.75 Å². The average Bonchev–Trinajstić information content (AvgIpc) is 2.51. The summed E-state index contributed by atoms with van der Waals surface area (Å²) in [5.41, 5.74) is 1.00. The number of hydrogen-bond donors (Lipinski definition) is 3.